The molecule has 1 unspecified atom stereocenters. The zero-order chi connectivity index (χ0) is 10.8. The number of nitrogens with one attached hydrogen (secondary N) is 1. The smallest absolute Gasteiger partial charge is 0.0619 e. The molecule has 4 nitrogen and oxygen atoms in total. The normalized spacial score (nSPS) is 21.8. The Morgan fingerprint density at radius 3 is 3.00 bits per heavy atom. The van der Waals surface area contributed by atoms with Crippen LogP contribution < -0.4 is 5.32 Å². The van der Waals surface area contributed by atoms with Gasteiger partial charge < -0.3 is 19.5 Å². The van der Waals surface area contributed by atoms with E-state index in [4.69, 9.17) is 14.2 Å². The van der Waals surface area contributed by atoms with E-state index in [1.54, 1.807) is 7.11 Å². The monoisotopic (exact) mass is 217 g/mol. The quantitative estimate of drug-likeness (QED) is 0.611. The van der Waals surface area contributed by atoms with Gasteiger partial charge in [-0.2, -0.15) is 0 Å². The Morgan fingerprint density at radius 2 is 2.27 bits per heavy atom. The molecule has 15 heavy (non-hydrogen) atoms. The fourth-order valence-electron chi connectivity index (χ4n) is 1.64. The van der Waals surface area contributed by atoms with Crippen LogP contribution in [0, 0.1) is 0 Å². The van der Waals surface area contributed by atoms with Gasteiger partial charge in [0.25, 0.3) is 0 Å². The maximum absolute atomic E-state index is 5.44. The minimum absolute atomic E-state index is 0.529. The fourth-order valence-corrected chi connectivity index (χ4v) is 1.64. The van der Waals surface area contributed by atoms with Gasteiger partial charge in [0.2, 0.25) is 0 Å². The average molecular weight is 217 g/mol. The van der Waals surface area contributed by atoms with Crippen molar-refractivity contribution in [1.29, 1.82) is 0 Å². The van der Waals surface area contributed by atoms with Crippen molar-refractivity contribution in [2.45, 2.75) is 25.3 Å². The number of methoxy groups -OCH3 is 1. The first-order valence-electron chi connectivity index (χ1n) is 5.81. The molecule has 0 aromatic heterocycles. The van der Waals surface area contributed by atoms with Crippen molar-refractivity contribution in [2.24, 2.45) is 0 Å². The average Bonchev–Trinajstić information content (AvgIpc) is 2.29. The summed E-state index contributed by atoms with van der Waals surface area (Å²) < 4.78 is 15.7. The highest BCUT2D eigenvalue weighted by atomic mass is 16.5. The van der Waals surface area contributed by atoms with Gasteiger partial charge >= 0.3 is 0 Å². The van der Waals surface area contributed by atoms with Gasteiger partial charge in [-0.3, -0.25) is 0 Å². The predicted octanol–water partition coefficient (Wildman–Crippen LogP) is 0.808. The number of rotatable bonds is 8. The second kappa shape index (κ2) is 9.09. The van der Waals surface area contributed by atoms with E-state index < -0.39 is 0 Å². The van der Waals surface area contributed by atoms with Crippen LogP contribution in [0.25, 0.3) is 0 Å². The first-order chi connectivity index (χ1) is 7.43. The Balaban J connectivity index is 1.79. The maximum atomic E-state index is 5.44. The standard InChI is InChI=1S/C11H23NO3/c1-13-6-3-8-14-9-5-12-11-4-2-7-15-10-11/h11-12H,2-10H2,1H3. The lowest BCUT2D eigenvalue weighted by Gasteiger charge is -2.23. The van der Waals surface area contributed by atoms with E-state index in [-0.39, 0.29) is 0 Å². The second-order valence-corrected chi connectivity index (χ2v) is 3.83. The van der Waals surface area contributed by atoms with Crippen LogP contribution >= 0.6 is 0 Å². The lowest BCUT2D eigenvalue weighted by atomic mass is 10.1. The summed E-state index contributed by atoms with van der Waals surface area (Å²) >= 11 is 0. The molecule has 1 rings (SSSR count). The van der Waals surface area contributed by atoms with Crippen molar-refractivity contribution in [1.82, 2.24) is 5.32 Å². The summed E-state index contributed by atoms with van der Waals surface area (Å²) in [5.74, 6) is 0. The zero-order valence-corrected chi connectivity index (χ0v) is 9.67. The number of hydrogen-bond donors (Lipinski definition) is 1. The van der Waals surface area contributed by atoms with Crippen molar-refractivity contribution in [2.75, 3.05) is 46.7 Å². The summed E-state index contributed by atoms with van der Waals surface area (Å²) in [7, 11) is 1.71. The molecule has 1 aliphatic rings. The van der Waals surface area contributed by atoms with Gasteiger partial charge in [-0.05, 0) is 19.3 Å². The molecular formula is C11H23NO3. The Hall–Kier alpha value is -0.160. The molecule has 0 amide bonds. The van der Waals surface area contributed by atoms with Crippen molar-refractivity contribution < 1.29 is 14.2 Å². The lowest BCUT2D eigenvalue weighted by molar-refractivity contribution is 0.0628. The van der Waals surface area contributed by atoms with Crippen LogP contribution in [0.15, 0.2) is 0 Å². The number of hydrogen-bond acceptors (Lipinski definition) is 4. The molecule has 0 aliphatic carbocycles. The van der Waals surface area contributed by atoms with Gasteiger partial charge in [0.05, 0.1) is 13.2 Å². The molecule has 90 valence electrons. The van der Waals surface area contributed by atoms with E-state index in [0.717, 1.165) is 46.0 Å². The van der Waals surface area contributed by atoms with E-state index >= 15 is 0 Å². The fraction of sp³-hybridized carbons (Fsp3) is 1.00. The first kappa shape index (κ1) is 12.9. The highest BCUT2D eigenvalue weighted by molar-refractivity contribution is 4.69. The van der Waals surface area contributed by atoms with Crippen LogP contribution in [0.3, 0.4) is 0 Å². The molecule has 1 aliphatic heterocycles. The molecule has 1 atom stereocenters. The molecule has 0 radical (unpaired) electrons. The third kappa shape index (κ3) is 6.84. The van der Waals surface area contributed by atoms with Crippen molar-refractivity contribution in [3.05, 3.63) is 0 Å². The van der Waals surface area contributed by atoms with Crippen molar-refractivity contribution in [3.8, 4) is 0 Å². The molecule has 0 spiro atoms. The molecule has 1 N–H and O–H groups in total. The minimum atomic E-state index is 0.529. The third-order valence-corrected chi connectivity index (χ3v) is 2.48. The SMILES string of the molecule is COCCCOCCNC1CCCOC1. The van der Waals surface area contributed by atoms with E-state index in [1.807, 2.05) is 0 Å². The van der Waals surface area contributed by atoms with Crippen LogP contribution in [-0.4, -0.2) is 52.7 Å². The number of ether oxygens (including phenoxy) is 3. The molecule has 0 aromatic rings. The van der Waals surface area contributed by atoms with Crippen LogP contribution in [0.5, 0.6) is 0 Å². The Kier molecular flexibility index (Phi) is 7.83. The van der Waals surface area contributed by atoms with E-state index in [0.29, 0.717) is 6.04 Å². The summed E-state index contributed by atoms with van der Waals surface area (Å²) in [5, 5.41) is 3.43. The van der Waals surface area contributed by atoms with E-state index in [2.05, 4.69) is 5.32 Å². The lowest BCUT2D eigenvalue weighted by Crippen LogP contribution is -2.38. The molecule has 1 fully saturated rings. The summed E-state index contributed by atoms with van der Waals surface area (Å²) in [6.07, 6.45) is 3.37. The largest absolute Gasteiger partial charge is 0.385 e. The zero-order valence-electron chi connectivity index (χ0n) is 9.67. The van der Waals surface area contributed by atoms with Crippen LogP contribution in [0.1, 0.15) is 19.3 Å². The van der Waals surface area contributed by atoms with E-state index in [1.165, 1.54) is 12.8 Å². The van der Waals surface area contributed by atoms with Crippen LogP contribution in [0.2, 0.25) is 0 Å². The summed E-state index contributed by atoms with van der Waals surface area (Å²) in [6, 6.07) is 0.529. The summed E-state index contributed by atoms with van der Waals surface area (Å²) in [6.45, 7) is 5.04. The Labute approximate surface area is 92.3 Å². The third-order valence-electron chi connectivity index (χ3n) is 2.48. The van der Waals surface area contributed by atoms with Gasteiger partial charge in [-0.1, -0.05) is 0 Å². The van der Waals surface area contributed by atoms with Gasteiger partial charge in [-0.15, -0.1) is 0 Å². The molecular weight excluding hydrogens is 194 g/mol. The predicted molar refractivity (Wildman–Crippen MR) is 59.2 cm³/mol. The molecule has 1 heterocycles. The minimum Gasteiger partial charge on any atom is -0.385 e. The molecule has 4 heteroatoms. The summed E-state index contributed by atoms with van der Waals surface area (Å²) in [5.41, 5.74) is 0. The highest BCUT2D eigenvalue weighted by Crippen LogP contribution is 2.04. The van der Waals surface area contributed by atoms with Gasteiger partial charge in [0, 0.05) is 39.5 Å². The van der Waals surface area contributed by atoms with Crippen LogP contribution in [-0.2, 0) is 14.2 Å². The topological polar surface area (TPSA) is 39.7 Å². The van der Waals surface area contributed by atoms with Gasteiger partial charge in [0.1, 0.15) is 0 Å². The van der Waals surface area contributed by atoms with Gasteiger partial charge in [-0.25, -0.2) is 0 Å². The molecule has 1 saturated heterocycles. The first-order valence-corrected chi connectivity index (χ1v) is 5.81. The maximum Gasteiger partial charge on any atom is 0.0619 e. The van der Waals surface area contributed by atoms with Gasteiger partial charge in [0.15, 0.2) is 0 Å². The highest BCUT2D eigenvalue weighted by Gasteiger charge is 2.11. The van der Waals surface area contributed by atoms with E-state index in [9.17, 15) is 0 Å². The summed E-state index contributed by atoms with van der Waals surface area (Å²) in [4.78, 5) is 0. The Morgan fingerprint density at radius 1 is 1.33 bits per heavy atom. The molecule has 0 saturated carbocycles. The van der Waals surface area contributed by atoms with Crippen molar-refractivity contribution in [3.63, 3.8) is 0 Å². The Bertz CT molecular complexity index is 138. The molecule has 0 bridgehead atoms. The second-order valence-electron chi connectivity index (χ2n) is 3.83. The van der Waals surface area contributed by atoms with Crippen molar-refractivity contribution >= 4 is 0 Å². The van der Waals surface area contributed by atoms with Crippen LogP contribution in [0.4, 0.5) is 0 Å². The molecule has 0 aromatic carbocycles.